The summed E-state index contributed by atoms with van der Waals surface area (Å²) in [5.74, 6) is 0.452. The van der Waals surface area contributed by atoms with Gasteiger partial charge in [-0.15, -0.1) is 11.3 Å². The van der Waals surface area contributed by atoms with E-state index in [0.29, 0.717) is 19.1 Å². The molecule has 1 heterocycles. The minimum Gasteiger partial charge on any atom is -0.449 e. The lowest BCUT2D eigenvalue weighted by Gasteiger charge is -2.15. The van der Waals surface area contributed by atoms with Gasteiger partial charge in [-0.1, -0.05) is 87.2 Å². The van der Waals surface area contributed by atoms with E-state index in [4.69, 9.17) is 9.72 Å². The first-order chi connectivity index (χ1) is 15.1. The van der Waals surface area contributed by atoms with Crippen molar-refractivity contribution in [1.82, 2.24) is 10.3 Å². The summed E-state index contributed by atoms with van der Waals surface area (Å²) in [6.07, 6.45) is 4.16. The molecule has 1 aromatic heterocycles. The quantitative estimate of drug-likeness (QED) is 0.365. The van der Waals surface area contributed by atoms with Gasteiger partial charge in [-0.25, -0.2) is 9.78 Å². The molecule has 3 aromatic rings. The number of nitrogens with one attached hydrogen (secondary N) is 1. The van der Waals surface area contributed by atoms with Crippen LogP contribution in [0, 0.1) is 12.8 Å². The lowest BCUT2D eigenvalue weighted by Crippen LogP contribution is -2.26. The van der Waals surface area contributed by atoms with Crippen LogP contribution in [-0.2, 0) is 11.3 Å². The summed E-state index contributed by atoms with van der Waals surface area (Å²) in [6.45, 7) is 7.37. The van der Waals surface area contributed by atoms with Crippen LogP contribution in [0.4, 0.5) is 4.79 Å². The van der Waals surface area contributed by atoms with Crippen LogP contribution in [-0.4, -0.2) is 17.7 Å². The zero-order chi connectivity index (χ0) is 22.1. The number of thiazole rings is 1. The fraction of sp³-hybridized carbons (Fsp3) is 0.385. The van der Waals surface area contributed by atoms with Gasteiger partial charge in [0.1, 0.15) is 5.01 Å². The van der Waals surface area contributed by atoms with Crippen molar-refractivity contribution in [3.8, 4) is 21.8 Å². The summed E-state index contributed by atoms with van der Waals surface area (Å²) < 4.78 is 5.40. The molecular weight excluding hydrogens is 404 g/mol. The van der Waals surface area contributed by atoms with Gasteiger partial charge in [0.05, 0.1) is 12.3 Å². The first-order valence-corrected chi connectivity index (χ1v) is 12.0. The Morgan fingerprint density at radius 3 is 2.45 bits per heavy atom. The van der Waals surface area contributed by atoms with Gasteiger partial charge in [-0.05, 0) is 24.8 Å². The summed E-state index contributed by atoms with van der Waals surface area (Å²) in [7, 11) is 0. The molecule has 1 N–H and O–H groups in total. The van der Waals surface area contributed by atoms with Crippen LogP contribution in [0.3, 0.4) is 0 Å². The highest BCUT2D eigenvalue weighted by Crippen LogP contribution is 2.29. The van der Waals surface area contributed by atoms with Crippen LogP contribution < -0.4 is 5.32 Å². The highest BCUT2D eigenvalue weighted by molar-refractivity contribution is 7.13. The monoisotopic (exact) mass is 436 g/mol. The van der Waals surface area contributed by atoms with Crippen LogP contribution in [0.1, 0.15) is 50.7 Å². The number of aromatic nitrogens is 1. The van der Waals surface area contributed by atoms with Crippen molar-refractivity contribution in [1.29, 1.82) is 0 Å². The molecule has 0 fully saturated rings. The fourth-order valence-electron chi connectivity index (χ4n) is 3.35. The maximum atomic E-state index is 12.0. The molecule has 3 rings (SSSR count). The Morgan fingerprint density at radius 1 is 1.06 bits per heavy atom. The van der Waals surface area contributed by atoms with Crippen molar-refractivity contribution in [3.05, 3.63) is 65.0 Å². The summed E-state index contributed by atoms with van der Waals surface area (Å²) in [4.78, 5) is 16.8. The summed E-state index contributed by atoms with van der Waals surface area (Å²) in [5.41, 5.74) is 5.49. The van der Waals surface area contributed by atoms with E-state index in [1.165, 1.54) is 18.4 Å². The summed E-state index contributed by atoms with van der Waals surface area (Å²) in [6, 6.07) is 16.6. The standard InChI is InChI=1S/C26H32N2O2S/c1-4-6-7-20(5-2)17-30-26(29)27-16-21-10-14-23(15-11-21)25-28-24(18-31-25)22-12-8-19(3)9-13-22/h8-15,18,20H,4-7,16-17H2,1-3H3,(H,27,29). The third kappa shape index (κ3) is 6.93. The number of hydrogen-bond donors (Lipinski definition) is 1. The van der Waals surface area contributed by atoms with Crippen molar-refractivity contribution in [3.63, 3.8) is 0 Å². The topological polar surface area (TPSA) is 51.2 Å². The molecule has 0 bridgehead atoms. The van der Waals surface area contributed by atoms with Gasteiger partial charge in [-0.2, -0.15) is 0 Å². The van der Waals surface area contributed by atoms with Crippen LogP contribution in [0.25, 0.3) is 21.8 Å². The average molecular weight is 437 g/mol. The Hall–Kier alpha value is -2.66. The smallest absolute Gasteiger partial charge is 0.407 e. The Balaban J connectivity index is 1.50. The average Bonchev–Trinajstić information content (AvgIpc) is 3.29. The van der Waals surface area contributed by atoms with Gasteiger partial charge in [0, 0.05) is 23.1 Å². The van der Waals surface area contributed by atoms with Gasteiger partial charge < -0.3 is 10.1 Å². The van der Waals surface area contributed by atoms with E-state index in [1.54, 1.807) is 11.3 Å². The Bertz CT molecular complexity index is 948. The second kappa shape index (κ2) is 11.7. The number of amides is 1. The van der Waals surface area contributed by atoms with Crippen molar-refractivity contribution in [2.75, 3.05) is 6.61 Å². The second-order valence-electron chi connectivity index (χ2n) is 7.97. The van der Waals surface area contributed by atoms with Gasteiger partial charge >= 0.3 is 6.09 Å². The molecule has 0 aliphatic rings. The van der Waals surface area contributed by atoms with Crippen LogP contribution >= 0.6 is 11.3 Å². The molecule has 0 aliphatic heterocycles. The molecule has 31 heavy (non-hydrogen) atoms. The molecule has 0 aliphatic carbocycles. The normalized spacial score (nSPS) is 11.8. The zero-order valence-corrected chi connectivity index (χ0v) is 19.5. The van der Waals surface area contributed by atoms with Gasteiger partial charge in [0.2, 0.25) is 0 Å². The maximum absolute atomic E-state index is 12.0. The van der Waals surface area contributed by atoms with E-state index in [0.717, 1.165) is 40.2 Å². The highest BCUT2D eigenvalue weighted by atomic mass is 32.1. The Morgan fingerprint density at radius 2 is 1.77 bits per heavy atom. The van der Waals surface area contributed by atoms with E-state index < -0.39 is 0 Å². The number of carbonyl (C=O) groups excluding carboxylic acids is 1. The van der Waals surface area contributed by atoms with E-state index in [-0.39, 0.29) is 6.09 Å². The fourth-order valence-corrected chi connectivity index (χ4v) is 4.18. The molecular formula is C26H32N2O2S. The molecule has 4 nitrogen and oxygen atoms in total. The molecule has 1 atom stereocenters. The molecule has 2 aromatic carbocycles. The molecule has 1 unspecified atom stereocenters. The van der Waals surface area contributed by atoms with E-state index in [1.807, 2.05) is 12.1 Å². The zero-order valence-electron chi connectivity index (χ0n) is 18.7. The van der Waals surface area contributed by atoms with E-state index in [9.17, 15) is 4.79 Å². The van der Waals surface area contributed by atoms with E-state index >= 15 is 0 Å². The largest absolute Gasteiger partial charge is 0.449 e. The minimum absolute atomic E-state index is 0.346. The molecule has 0 radical (unpaired) electrons. The maximum Gasteiger partial charge on any atom is 0.407 e. The predicted octanol–water partition coefficient (Wildman–Crippen LogP) is 7.23. The first kappa shape index (κ1) is 23.0. The van der Waals surface area contributed by atoms with Crippen LogP contribution in [0.5, 0.6) is 0 Å². The first-order valence-electron chi connectivity index (χ1n) is 11.1. The van der Waals surface area contributed by atoms with Crippen molar-refractivity contribution >= 4 is 17.4 Å². The number of hydrogen-bond acceptors (Lipinski definition) is 4. The lowest BCUT2D eigenvalue weighted by molar-refractivity contribution is 0.122. The summed E-state index contributed by atoms with van der Waals surface area (Å²) >= 11 is 1.64. The number of aryl methyl sites for hydroxylation is 1. The van der Waals surface area contributed by atoms with E-state index in [2.05, 4.69) is 67.9 Å². The third-order valence-corrected chi connectivity index (χ3v) is 6.37. The molecule has 164 valence electrons. The van der Waals surface area contributed by atoms with Gasteiger partial charge in [-0.3, -0.25) is 0 Å². The van der Waals surface area contributed by atoms with Crippen LogP contribution in [0.2, 0.25) is 0 Å². The summed E-state index contributed by atoms with van der Waals surface area (Å²) in [5, 5.41) is 5.94. The van der Waals surface area contributed by atoms with Gasteiger partial charge in [0.15, 0.2) is 0 Å². The molecule has 5 heteroatoms. The predicted molar refractivity (Wildman–Crippen MR) is 129 cm³/mol. The Kier molecular flexibility index (Phi) is 8.65. The third-order valence-electron chi connectivity index (χ3n) is 5.48. The van der Waals surface area contributed by atoms with Crippen molar-refractivity contribution < 1.29 is 9.53 Å². The van der Waals surface area contributed by atoms with Crippen molar-refractivity contribution in [2.45, 2.75) is 53.0 Å². The number of unbranched alkanes of at least 4 members (excludes halogenated alkanes) is 1. The molecule has 0 saturated carbocycles. The number of carbonyl (C=O) groups is 1. The molecule has 1 amide bonds. The highest BCUT2D eigenvalue weighted by Gasteiger charge is 2.10. The number of ether oxygens (including phenoxy) is 1. The number of nitrogens with zero attached hydrogens (tertiary/aromatic N) is 1. The number of benzene rings is 2. The molecule has 0 saturated heterocycles. The van der Waals surface area contributed by atoms with Crippen LogP contribution in [0.15, 0.2) is 53.9 Å². The number of rotatable bonds is 10. The minimum atomic E-state index is -0.346. The number of alkyl carbamates (subject to hydrolysis) is 1. The lowest BCUT2D eigenvalue weighted by atomic mass is 10.0. The SMILES string of the molecule is CCCCC(CC)COC(=O)NCc1ccc(-c2nc(-c3ccc(C)cc3)cs2)cc1. The molecule has 0 spiro atoms. The second-order valence-corrected chi connectivity index (χ2v) is 8.83. The Labute approximate surface area is 189 Å². The van der Waals surface area contributed by atoms with Crippen molar-refractivity contribution in [2.24, 2.45) is 5.92 Å². The van der Waals surface area contributed by atoms with Gasteiger partial charge in [0.25, 0.3) is 0 Å².